The van der Waals surface area contributed by atoms with Crippen molar-refractivity contribution in [2.45, 2.75) is 11.4 Å². The Bertz CT molecular complexity index is 939. The number of halogens is 2. The number of hydrogen-bond acceptors (Lipinski definition) is 6. The minimum Gasteiger partial charge on any atom is -0.489 e. The summed E-state index contributed by atoms with van der Waals surface area (Å²) < 4.78 is 70.2. The van der Waals surface area contributed by atoms with Gasteiger partial charge in [0.25, 0.3) is 0 Å². The molecule has 1 N–H and O–H groups in total. The van der Waals surface area contributed by atoms with Crippen LogP contribution in [0, 0.1) is 0 Å². The first-order chi connectivity index (χ1) is 12.2. The largest absolute Gasteiger partial charge is 0.489 e. The maximum Gasteiger partial charge on any atom is 0.465 e. The fourth-order valence-corrected chi connectivity index (χ4v) is 2.68. The number of carbonyl (C=O) groups is 1. The van der Waals surface area contributed by atoms with E-state index in [0.717, 1.165) is 16.3 Å². The maximum atomic E-state index is 13.0. The third kappa shape index (κ3) is 3.62. The summed E-state index contributed by atoms with van der Waals surface area (Å²) in [6.07, 6.45) is 0.0394. The van der Waals surface area contributed by atoms with Gasteiger partial charge in [-0.25, -0.2) is 4.79 Å². The zero-order valence-corrected chi connectivity index (χ0v) is 14.0. The molecule has 10 heteroatoms. The van der Waals surface area contributed by atoms with Crippen molar-refractivity contribution in [2.24, 2.45) is 0 Å². The molecular formula is C16H14F2O7S. The van der Waals surface area contributed by atoms with E-state index in [1.54, 1.807) is 12.1 Å². The van der Waals surface area contributed by atoms with Gasteiger partial charge in [-0.3, -0.25) is 4.55 Å². The summed E-state index contributed by atoms with van der Waals surface area (Å²) in [6, 6.07) is 10.9. The molecule has 0 amide bonds. The van der Waals surface area contributed by atoms with E-state index in [1.165, 1.54) is 0 Å². The molecule has 0 aromatic heterocycles. The molecular weight excluding hydrogens is 374 g/mol. The molecule has 2 aromatic carbocycles. The van der Waals surface area contributed by atoms with Crippen LogP contribution in [0.15, 0.2) is 36.4 Å². The van der Waals surface area contributed by atoms with Gasteiger partial charge in [-0.2, -0.15) is 17.2 Å². The topological polar surface area (TPSA) is 102 Å². The van der Waals surface area contributed by atoms with Crippen LogP contribution < -0.4 is 4.74 Å². The molecule has 0 radical (unpaired) electrons. The van der Waals surface area contributed by atoms with Gasteiger partial charge < -0.3 is 14.2 Å². The zero-order valence-electron chi connectivity index (χ0n) is 13.2. The number of carbonyl (C=O) groups excluding carboxylic acids is 1. The Labute approximate surface area is 147 Å². The van der Waals surface area contributed by atoms with Crippen LogP contribution in [0.3, 0.4) is 0 Å². The number of epoxide rings is 1. The van der Waals surface area contributed by atoms with E-state index in [4.69, 9.17) is 14.0 Å². The van der Waals surface area contributed by atoms with Crippen molar-refractivity contribution >= 4 is 26.9 Å². The smallest absolute Gasteiger partial charge is 0.465 e. The highest BCUT2D eigenvalue weighted by Gasteiger charge is 2.54. The number of esters is 1. The molecule has 0 spiro atoms. The van der Waals surface area contributed by atoms with Crippen LogP contribution in [-0.2, 0) is 24.4 Å². The van der Waals surface area contributed by atoms with Gasteiger partial charge >= 0.3 is 21.3 Å². The van der Waals surface area contributed by atoms with E-state index < -0.39 is 27.9 Å². The average Bonchev–Trinajstić information content (AvgIpc) is 3.42. The van der Waals surface area contributed by atoms with E-state index in [0.29, 0.717) is 12.4 Å². The first kappa shape index (κ1) is 18.5. The summed E-state index contributed by atoms with van der Waals surface area (Å²) in [6.45, 7) is -0.259. The molecule has 1 atom stereocenters. The molecule has 1 fully saturated rings. The van der Waals surface area contributed by atoms with Gasteiger partial charge in [-0.15, -0.1) is 0 Å². The van der Waals surface area contributed by atoms with Crippen molar-refractivity contribution in [1.29, 1.82) is 0 Å². The van der Waals surface area contributed by atoms with Crippen LogP contribution in [0.2, 0.25) is 0 Å². The summed E-state index contributed by atoms with van der Waals surface area (Å²) in [5.41, 5.74) is 1.01. The van der Waals surface area contributed by atoms with E-state index in [1.807, 2.05) is 24.3 Å². The Balaban J connectivity index is 1.64. The Morgan fingerprint density at radius 3 is 2.50 bits per heavy atom. The Morgan fingerprint density at radius 2 is 1.85 bits per heavy atom. The molecule has 1 aliphatic heterocycles. The summed E-state index contributed by atoms with van der Waals surface area (Å²) >= 11 is 0. The van der Waals surface area contributed by atoms with E-state index >= 15 is 0 Å². The maximum absolute atomic E-state index is 13.0. The van der Waals surface area contributed by atoms with Crippen LogP contribution >= 0.6 is 0 Å². The molecule has 2 aromatic rings. The molecule has 1 aliphatic rings. The third-order valence-corrected chi connectivity index (χ3v) is 4.55. The Hall–Kier alpha value is -2.30. The minimum absolute atomic E-state index is 0.0394. The SMILES string of the molecule is O=C(OCCOc1cccc2c(C3CO3)cccc12)C(F)(F)S(=O)(=O)O. The first-order valence-electron chi connectivity index (χ1n) is 7.50. The number of hydrogen-bond donors (Lipinski definition) is 1. The van der Waals surface area contributed by atoms with Crippen molar-refractivity contribution < 1.29 is 40.8 Å². The predicted molar refractivity (Wildman–Crippen MR) is 85.6 cm³/mol. The summed E-state index contributed by atoms with van der Waals surface area (Å²) in [4.78, 5) is 11.1. The second-order valence-electron chi connectivity index (χ2n) is 5.50. The normalized spacial score (nSPS) is 17.1. The van der Waals surface area contributed by atoms with Gasteiger partial charge in [0.1, 0.15) is 25.1 Å². The molecule has 0 bridgehead atoms. The van der Waals surface area contributed by atoms with Gasteiger partial charge in [0, 0.05) is 5.39 Å². The zero-order chi connectivity index (χ0) is 18.9. The van der Waals surface area contributed by atoms with Gasteiger partial charge in [-0.1, -0.05) is 30.3 Å². The van der Waals surface area contributed by atoms with E-state index in [2.05, 4.69) is 4.74 Å². The highest BCUT2D eigenvalue weighted by molar-refractivity contribution is 7.87. The Kier molecular flexibility index (Phi) is 4.82. The molecule has 140 valence electrons. The van der Waals surface area contributed by atoms with Crippen LogP contribution in [0.5, 0.6) is 5.75 Å². The van der Waals surface area contributed by atoms with Crippen molar-refractivity contribution in [2.75, 3.05) is 19.8 Å². The van der Waals surface area contributed by atoms with E-state index in [-0.39, 0.29) is 12.7 Å². The quantitative estimate of drug-likeness (QED) is 0.336. The Morgan fingerprint density at radius 1 is 1.19 bits per heavy atom. The lowest BCUT2D eigenvalue weighted by Crippen LogP contribution is -2.39. The fourth-order valence-electron chi connectivity index (χ4n) is 2.42. The second-order valence-corrected chi connectivity index (χ2v) is 6.96. The number of rotatable bonds is 7. The van der Waals surface area contributed by atoms with Crippen molar-refractivity contribution in [1.82, 2.24) is 0 Å². The standard InChI is InChI=1S/C16H14F2O7S/c17-16(18,26(20,21)22)15(19)24-8-7-23-13-6-2-3-10-11(13)4-1-5-12(10)14-9-25-14/h1-6,14H,7-9H2,(H,20,21,22). The lowest BCUT2D eigenvalue weighted by atomic mass is 10.0. The van der Waals surface area contributed by atoms with Gasteiger partial charge in [0.15, 0.2) is 0 Å². The van der Waals surface area contributed by atoms with Gasteiger partial charge in [-0.05, 0) is 17.0 Å². The second kappa shape index (κ2) is 6.78. The summed E-state index contributed by atoms with van der Waals surface area (Å²) in [5.74, 6) is -1.92. The number of benzene rings is 2. The van der Waals surface area contributed by atoms with Crippen LogP contribution in [-0.4, -0.2) is 44.0 Å². The average molecular weight is 388 g/mol. The van der Waals surface area contributed by atoms with Crippen molar-refractivity contribution in [3.8, 4) is 5.75 Å². The molecule has 1 heterocycles. The number of fused-ring (bicyclic) bond motifs is 1. The van der Waals surface area contributed by atoms with Crippen molar-refractivity contribution in [3.05, 3.63) is 42.0 Å². The monoisotopic (exact) mass is 388 g/mol. The van der Waals surface area contributed by atoms with Crippen molar-refractivity contribution in [3.63, 3.8) is 0 Å². The third-order valence-electron chi connectivity index (χ3n) is 3.73. The summed E-state index contributed by atoms with van der Waals surface area (Å²) in [5, 5.41) is -3.33. The molecule has 1 saturated heterocycles. The highest BCUT2D eigenvalue weighted by atomic mass is 32.2. The molecule has 1 unspecified atom stereocenters. The molecule has 0 aliphatic carbocycles. The first-order valence-corrected chi connectivity index (χ1v) is 8.94. The number of ether oxygens (including phenoxy) is 3. The highest BCUT2D eigenvalue weighted by Crippen LogP contribution is 2.37. The lowest BCUT2D eigenvalue weighted by Gasteiger charge is -2.13. The molecule has 3 rings (SSSR count). The molecule has 26 heavy (non-hydrogen) atoms. The number of alkyl halides is 2. The van der Waals surface area contributed by atoms with Crippen LogP contribution in [0.1, 0.15) is 11.7 Å². The molecule has 0 saturated carbocycles. The summed E-state index contributed by atoms with van der Waals surface area (Å²) in [7, 11) is -5.89. The van der Waals surface area contributed by atoms with Crippen LogP contribution in [0.4, 0.5) is 8.78 Å². The predicted octanol–water partition coefficient (Wildman–Crippen LogP) is 2.31. The lowest BCUT2D eigenvalue weighted by molar-refractivity contribution is -0.162. The molecule has 7 nitrogen and oxygen atoms in total. The van der Waals surface area contributed by atoms with Gasteiger partial charge in [0.05, 0.1) is 6.61 Å². The van der Waals surface area contributed by atoms with Gasteiger partial charge in [0.2, 0.25) is 0 Å². The fraction of sp³-hybridized carbons (Fsp3) is 0.312. The van der Waals surface area contributed by atoms with E-state index in [9.17, 15) is 22.0 Å². The van der Waals surface area contributed by atoms with Crippen LogP contribution in [0.25, 0.3) is 10.8 Å². The minimum atomic E-state index is -5.89.